The molecule has 1 rings (SSSR count). The second-order valence-electron chi connectivity index (χ2n) is 3.17. The van der Waals surface area contributed by atoms with E-state index in [0.29, 0.717) is 16.5 Å². The Kier molecular flexibility index (Phi) is 4.72. The summed E-state index contributed by atoms with van der Waals surface area (Å²) in [6.07, 6.45) is 0.917. The lowest BCUT2D eigenvalue weighted by molar-refractivity contribution is 0.394. The third-order valence-electron chi connectivity index (χ3n) is 2.17. The number of methoxy groups -OCH3 is 2. The maximum Gasteiger partial charge on any atom is 0.141 e. The molecule has 0 unspecified atom stereocenters. The molecule has 0 aliphatic heterocycles. The topological polar surface area (TPSA) is 30.5 Å². The van der Waals surface area contributed by atoms with Gasteiger partial charge in [-0.05, 0) is 37.7 Å². The number of halogens is 1. The molecule has 0 heterocycles. The fraction of sp³-hybridized carbons (Fsp3) is 0.455. The standard InChI is InChI=1S/C11H16ClNO2/c1-13-5-4-8-6-9(14-2)11(12)10(7-8)15-3/h6-7,13H,4-5H2,1-3H3. The summed E-state index contributed by atoms with van der Waals surface area (Å²) in [6, 6.07) is 3.87. The highest BCUT2D eigenvalue weighted by Crippen LogP contribution is 2.35. The molecule has 1 N–H and O–H groups in total. The van der Waals surface area contributed by atoms with Gasteiger partial charge in [0.05, 0.1) is 14.2 Å². The summed E-state index contributed by atoms with van der Waals surface area (Å²) in [4.78, 5) is 0. The smallest absolute Gasteiger partial charge is 0.141 e. The normalized spacial score (nSPS) is 10.1. The van der Waals surface area contributed by atoms with Crippen molar-refractivity contribution in [3.63, 3.8) is 0 Å². The van der Waals surface area contributed by atoms with E-state index in [2.05, 4.69) is 5.32 Å². The second kappa shape index (κ2) is 5.83. The Morgan fingerprint density at radius 2 is 1.73 bits per heavy atom. The molecule has 0 spiro atoms. The van der Waals surface area contributed by atoms with Crippen molar-refractivity contribution < 1.29 is 9.47 Å². The summed E-state index contributed by atoms with van der Waals surface area (Å²) in [6.45, 7) is 0.911. The lowest BCUT2D eigenvalue weighted by Crippen LogP contribution is -2.10. The van der Waals surface area contributed by atoms with Crippen molar-refractivity contribution in [1.29, 1.82) is 0 Å². The highest BCUT2D eigenvalue weighted by atomic mass is 35.5. The Labute approximate surface area is 95.3 Å². The van der Waals surface area contributed by atoms with Gasteiger partial charge >= 0.3 is 0 Å². The first-order valence-electron chi connectivity index (χ1n) is 4.78. The number of benzene rings is 1. The number of likely N-dealkylation sites (N-methyl/N-ethyl adjacent to an activating group) is 1. The van der Waals surface area contributed by atoms with Crippen molar-refractivity contribution >= 4 is 11.6 Å². The van der Waals surface area contributed by atoms with Crippen LogP contribution in [0.2, 0.25) is 5.02 Å². The monoisotopic (exact) mass is 229 g/mol. The minimum absolute atomic E-state index is 0.521. The third-order valence-corrected chi connectivity index (χ3v) is 2.54. The van der Waals surface area contributed by atoms with Gasteiger partial charge < -0.3 is 14.8 Å². The number of hydrogen-bond acceptors (Lipinski definition) is 3. The van der Waals surface area contributed by atoms with E-state index in [1.54, 1.807) is 14.2 Å². The van der Waals surface area contributed by atoms with Gasteiger partial charge in [0, 0.05) is 0 Å². The summed E-state index contributed by atoms with van der Waals surface area (Å²) in [7, 11) is 5.12. The van der Waals surface area contributed by atoms with Gasteiger partial charge in [-0.1, -0.05) is 11.6 Å². The van der Waals surface area contributed by atoms with Gasteiger partial charge in [0.25, 0.3) is 0 Å². The third kappa shape index (κ3) is 3.01. The lowest BCUT2D eigenvalue weighted by atomic mass is 10.1. The minimum atomic E-state index is 0.521. The highest BCUT2D eigenvalue weighted by molar-refractivity contribution is 6.33. The first kappa shape index (κ1) is 12.1. The molecular weight excluding hydrogens is 214 g/mol. The van der Waals surface area contributed by atoms with Gasteiger partial charge in [0.2, 0.25) is 0 Å². The molecule has 3 nitrogen and oxygen atoms in total. The van der Waals surface area contributed by atoms with Gasteiger partial charge in [-0.25, -0.2) is 0 Å². The van der Waals surface area contributed by atoms with Crippen molar-refractivity contribution in [2.45, 2.75) is 6.42 Å². The van der Waals surface area contributed by atoms with Crippen molar-refractivity contribution in [3.8, 4) is 11.5 Å². The molecule has 0 fully saturated rings. The van der Waals surface area contributed by atoms with E-state index in [1.807, 2.05) is 19.2 Å². The summed E-state index contributed by atoms with van der Waals surface area (Å²) in [5.74, 6) is 1.31. The first-order chi connectivity index (χ1) is 7.22. The zero-order chi connectivity index (χ0) is 11.3. The van der Waals surface area contributed by atoms with Gasteiger partial charge in [0.1, 0.15) is 16.5 Å². The van der Waals surface area contributed by atoms with Crippen LogP contribution in [0.1, 0.15) is 5.56 Å². The Bertz CT molecular complexity index is 303. The van der Waals surface area contributed by atoms with Crippen LogP contribution in [-0.2, 0) is 6.42 Å². The molecule has 4 heteroatoms. The average molecular weight is 230 g/mol. The largest absolute Gasteiger partial charge is 0.495 e. The predicted octanol–water partition coefficient (Wildman–Crippen LogP) is 2.12. The fourth-order valence-corrected chi connectivity index (χ4v) is 1.60. The molecule has 0 bridgehead atoms. The number of ether oxygens (including phenoxy) is 2. The van der Waals surface area contributed by atoms with Crippen molar-refractivity contribution in [2.75, 3.05) is 27.8 Å². The number of nitrogens with one attached hydrogen (secondary N) is 1. The van der Waals surface area contributed by atoms with Crippen LogP contribution in [0.15, 0.2) is 12.1 Å². The van der Waals surface area contributed by atoms with Crippen LogP contribution in [0, 0.1) is 0 Å². The van der Waals surface area contributed by atoms with E-state index in [-0.39, 0.29) is 0 Å². The summed E-state index contributed by atoms with van der Waals surface area (Å²) in [5.41, 5.74) is 1.14. The molecule has 0 amide bonds. The van der Waals surface area contributed by atoms with E-state index < -0.39 is 0 Å². The molecule has 0 aliphatic rings. The molecule has 1 aromatic carbocycles. The Balaban J connectivity index is 2.98. The molecule has 0 aliphatic carbocycles. The van der Waals surface area contributed by atoms with E-state index >= 15 is 0 Å². The Hall–Kier alpha value is -0.930. The van der Waals surface area contributed by atoms with Crippen LogP contribution in [0.4, 0.5) is 0 Å². The van der Waals surface area contributed by atoms with Crippen LogP contribution in [0.25, 0.3) is 0 Å². The SMILES string of the molecule is CNCCc1cc(OC)c(Cl)c(OC)c1. The maximum absolute atomic E-state index is 6.05. The fourth-order valence-electron chi connectivity index (χ4n) is 1.34. The maximum atomic E-state index is 6.05. The summed E-state index contributed by atoms with van der Waals surface area (Å²) >= 11 is 6.05. The zero-order valence-corrected chi connectivity index (χ0v) is 10.0. The van der Waals surface area contributed by atoms with E-state index in [4.69, 9.17) is 21.1 Å². The Morgan fingerprint density at radius 3 is 2.13 bits per heavy atom. The molecule has 0 saturated heterocycles. The van der Waals surface area contributed by atoms with E-state index in [0.717, 1.165) is 18.5 Å². The lowest BCUT2D eigenvalue weighted by Gasteiger charge is -2.11. The van der Waals surface area contributed by atoms with Crippen LogP contribution in [0.3, 0.4) is 0 Å². The van der Waals surface area contributed by atoms with Crippen LogP contribution < -0.4 is 14.8 Å². The van der Waals surface area contributed by atoms with Crippen LogP contribution >= 0.6 is 11.6 Å². The van der Waals surface area contributed by atoms with Crippen LogP contribution in [0.5, 0.6) is 11.5 Å². The molecular formula is C11H16ClNO2. The zero-order valence-electron chi connectivity index (χ0n) is 9.26. The van der Waals surface area contributed by atoms with Crippen molar-refractivity contribution in [3.05, 3.63) is 22.7 Å². The first-order valence-corrected chi connectivity index (χ1v) is 5.15. The Morgan fingerprint density at radius 1 is 1.20 bits per heavy atom. The van der Waals surface area contributed by atoms with Crippen molar-refractivity contribution in [2.24, 2.45) is 0 Å². The van der Waals surface area contributed by atoms with E-state index in [1.165, 1.54) is 0 Å². The van der Waals surface area contributed by atoms with Crippen LogP contribution in [-0.4, -0.2) is 27.8 Å². The average Bonchev–Trinajstić information content (AvgIpc) is 2.27. The quantitative estimate of drug-likeness (QED) is 0.839. The molecule has 84 valence electrons. The number of rotatable bonds is 5. The van der Waals surface area contributed by atoms with E-state index in [9.17, 15) is 0 Å². The summed E-state index contributed by atoms with van der Waals surface area (Å²) < 4.78 is 10.4. The van der Waals surface area contributed by atoms with Crippen molar-refractivity contribution in [1.82, 2.24) is 5.32 Å². The summed E-state index contributed by atoms with van der Waals surface area (Å²) in [5, 5.41) is 3.61. The van der Waals surface area contributed by atoms with Gasteiger partial charge in [-0.15, -0.1) is 0 Å². The second-order valence-corrected chi connectivity index (χ2v) is 3.55. The molecule has 0 atom stereocenters. The van der Waals surface area contributed by atoms with Gasteiger partial charge in [-0.3, -0.25) is 0 Å². The molecule has 0 aromatic heterocycles. The predicted molar refractivity (Wildman–Crippen MR) is 62.2 cm³/mol. The number of hydrogen-bond donors (Lipinski definition) is 1. The van der Waals surface area contributed by atoms with Gasteiger partial charge in [0.15, 0.2) is 0 Å². The minimum Gasteiger partial charge on any atom is -0.495 e. The molecule has 1 aromatic rings. The molecule has 15 heavy (non-hydrogen) atoms. The molecule has 0 radical (unpaired) electrons. The highest BCUT2D eigenvalue weighted by Gasteiger charge is 2.09. The van der Waals surface area contributed by atoms with Gasteiger partial charge in [-0.2, -0.15) is 0 Å². The molecule has 0 saturated carbocycles.